The predicted octanol–water partition coefficient (Wildman–Crippen LogP) is 2.97. The molecule has 0 fully saturated rings. The fraction of sp³-hybridized carbons (Fsp3) is 0.333. The van der Waals surface area contributed by atoms with Gasteiger partial charge in [-0.25, -0.2) is 4.39 Å². The molecule has 0 saturated heterocycles. The number of ketones is 1. The summed E-state index contributed by atoms with van der Waals surface area (Å²) in [5.41, 5.74) is -0.0184. The van der Waals surface area contributed by atoms with Gasteiger partial charge in [0.2, 0.25) is 0 Å². The Labute approximate surface area is 107 Å². The minimum absolute atomic E-state index is 0.0184. The molecule has 0 aliphatic heterocycles. The molecule has 0 saturated carbocycles. The topological polar surface area (TPSA) is 43.4 Å². The molecule has 0 amide bonds. The van der Waals surface area contributed by atoms with Gasteiger partial charge in [-0.3, -0.25) is 9.59 Å². The Bertz CT molecular complexity index is 445. The molecule has 17 heavy (non-hydrogen) atoms. The molecular weight excluding hydrogens is 291 g/mol. The second-order valence-corrected chi connectivity index (χ2v) is 4.59. The lowest BCUT2D eigenvalue weighted by Crippen LogP contribution is -2.17. The third-order valence-electron chi connectivity index (χ3n) is 2.32. The first-order valence-electron chi connectivity index (χ1n) is 5.01. The largest absolute Gasteiger partial charge is 0.469 e. The van der Waals surface area contributed by atoms with E-state index in [1.54, 1.807) is 6.92 Å². The van der Waals surface area contributed by atoms with Gasteiger partial charge < -0.3 is 4.74 Å². The van der Waals surface area contributed by atoms with Crippen LogP contribution >= 0.6 is 15.9 Å². The summed E-state index contributed by atoms with van der Waals surface area (Å²) in [6.45, 7) is 1.57. The monoisotopic (exact) mass is 302 g/mol. The van der Waals surface area contributed by atoms with Crippen LogP contribution in [-0.2, 0) is 9.53 Å². The molecule has 1 unspecified atom stereocenters. The van der Waals surface area contributed by atoms with Gasteiger partial charge in [-0.05, 0) is 18.2 Å². The fourth-order valence-electron chi connectivity index (χ4n) is 1.38. The number of ether oxygens (including phenoxy) is 1. The molecule has 0 bridgehead atoms. The second-order valence-electron chi connectivity index (χ2n) is 3.68. The number of hydrogen-bond acceptors (Lipinski definition) is 3. The fourth-order valence-corrected chi connectivity index (χ4v) is 1.74. The number of halogens is 2. The Morgan fingerprint density at radius 1 is 1.47 bits per heavy atom. The molecule has 92 valence electrons. The molecular formula is C12H12BrFO3. The van der Waals surface area contributed by atoms with E-state index in [0.29, 0.717) is 4.47 Å². The van der Waals surface area contributed by atoms with Crippen LogP contribution < -0.4 is 0 Å². The Morgan fingerprint density at radius 2 is 2.12 bits per heavy atom. The van der Waals surface area contributed by atoms with E-state index in [0.717, 1.165) is 0 Å². The van der Waals surface area contributed by atoms with Gasteiger partial charge in [0.1, 0.15) is 5.82 Å². The number of benzene rings is 1. The first-order valence-corrected chi connectivity index (χ1v) is 5.81. The smallest absolute Gasteiger partial charge is 0.308 e. The van der Waals surface area contributed by atoms with Gasteiger partial charge in [-0.15, -0.1) is 0 Å². The molecule has 3 nitrogen and oxygen atoms in total. The predicted molar refractivity (Wildman–Crippen MR) is 64.2 cm³/mol. The van der Waals surface area contributed by atoms with Crippen molar-refractivity contribution < 1.29 is 18.7 Å². The summed E-state index contributed by atoms with van der Waals surface area (Å²) in [6, 6.07) is 4.12. The zero-order valence-corrected chi connectivity index (χ0v) is 11.1. The lowest BCUT2D eigenvalue weighted by molar-refractivity contribution is -0.144. The van der Waals surface area contributed by atoms with Gasteiger partial charge in [-0.1, -0.05) is 22.9 Å². The summed E-state index contributed by atoms with van der Waals surface area (Å²) in [6.07, 6.45) is -0.0694. The van der Waals surface area contributed by atoms with Crippen LogP contribution in [0.15, 0.2) is 22.7 Å². The minimum atomic E-state index is -0.588. The van der Waals surface area contributed by atoms with E-state index < -0.39 is 23.5 Å². The molecule has 1 rings (SSSR count). The number of methoxy groups -OCH3 is 1. The maximum Gasteiger partial charge on any atom is 0.308 e. The summed E-state index contributed by atoms with van der Waals surface area (Å²) in [5.74, 6) is -2.06. The molecule has 0 aliphatic rings. The average Bonchev–Trinajstić information content (AvgIpc) is 2.30. The number of hydrogen-bond donors (Lipinski definition) is 0. The van der Waals surface area contributed by atoms with Gasteiger partial charge in [0.25, 0.3) is 0 Å². The van der Waals surface area contributed by atoms with Crippen LogP contribution in [0.1, 0.15) is 23.7 Å². The van der Waals surface area contributed by atoms with E-state index in [4.69, 9.17) is 0 Å². The molecule has 0 radical (unpaired) electrons. The van der Waals surface area contributed by atoms with Crippen LogP contribution in [0.4, 0.5) is 4.39 Å². The molecule has 0 heterocycles. The Kier molecular flexibility index (Phi) is 4.81. The van der Waals surface area contributed by atoms with Crippen molar-refractivity contribution in [3.8, 4) is 0 Å². The summed E-state index contributed by atoms with van der Waals surface area (Å²) < 4.78 is 18.5. The van der Waals surface area contributed by atoms with Crippen LogP contribution in [0.2, 0.25) is 0 Å². The van der Waals surface area contributed by atoms with Gasteiger partial charge >= 0.3 is 5.97 Å². The van der Waals surface area contributed by atoms with Crippen molar-refractivity contribution in [1.29, 1.82) is 0 Å². The van der Waals surface area contributed by atoms with Crippen LogP contribution in [-0.4, -0.2) is 18.9 Å². The zero-order chi connectivity index (χ0) is 13.0. The van der Waals surface area contributed by atoms with Gasteiger partial charge in [0.15, 0.2) is 5.78 Å². The summed E-state index contributed by atoms with van der Waals surface area (Å²) in [4.78, 5) is 22.9. The Balaban J connectivity index is 2.83. The standard InChI is InChI=1S/C12H12BrFO3/c1-7(12(16)17-2)5-11(15)9-6-8(13)3-4-10(9)14/h3-4,6-7H,5H2,1-2H3. The first kappa shape index (κ1) is 13.8. The van der Waals surface area contributed by atoms with E-state index in [2.05, 4.69) is 20.7 Å². The van der Waals surface area contributed by atoms with Gasteiger partial charge in [0.05, 0.1) is 18.6 Å². The third-order valence-corrected chi connectivity index (χ3v) is 2.82. The quantitative estimate of drug-likeness (QED) is 0.634. The number of esters is 1. The van der Waals surface area contributed by atoms with Crippen molar-refractivity contribution in [2.45, 2.75) is 13.3 Å². The molecule has 0 N–H and O–H groups in total. The summed E-state index contributed by atoms with van der Waals surface area (Å²) >= 11 is 3.16. The maximum absolute atomic E-state index is 13.4. The SMILES string of the molecule is COC(=O)C(C)CC(=O)c1cc(Br)ccc1F. The molecule has 0 aliphatic carbocycles. The normalized spacial score (nSPS) is 12.0. The van der Waals surface area contributed by atoms with Crippen molar-refractivity contribution in [2.75, 3.05) is 7.11 Å². The zero-order valence-electron chi connectivity index (χ0n) is 9.50. The lowest BCUT2D eigenvalue weighted by Gasteiger charge is -2.08. The number of carbonyl (C=O) groups excluding carboxylic acids is 2. The van der Waals surface area contributed by atoms with Crippen molar-refractivity contribution >= 4 is 27.7 Å². The first-order chi connectivity index (χ1) is 7.95. The average molecular weight is 303 g/mol. The van der Waals surface area contributed by atoms with Crippen LogP contribution in [0.5, 0.6) is 0 Å². The van der Waals surface area contributed by atoms with E-state index >= 15 is 0 Å². The van der Waals surface area contributed by atoms with Crippen molar-refractivity contribution in [2.24, 2.45) is 5.92 Å². The third kappa shape index (κ3) is 3.63. The summed E-state index contributed by atoms with van der Waals surface area (Å²) in [7, 11) is 1.25. The number of Topliss-reactive ketones (excluding diaryl/α,β-unsaturated/α-hetero) is 1. The van der Waals surface area contributed by atoms with Gasteiger partial charge in [-0.2, -0.15) is 0 Å². The highest BCUT2D eigenvalue weighted by atomic mass is 79.9. The highest BCUT2D eigenvalue weighted by molar-refractivity contribution is 9.10. The highest BCUT2D eigenvalue weighted by Crippen LogP contribution is 2.19. The minimum Gasteiger partial charge on any atom is -0.469 e. The highest BCUT2D eigenvalue weighted by Gasteiger charge is 2.20. The van der Waals surface area contributed by atoms with E-state index in [-0.39, 0.29) is 12.0 Å². The Morgan fingerprint density at radius 3 is 2.71 bits per heavy atom. The number of rotatable bonds is 4. The van der Waals surface area contributed by atoms with Gasteiger partial charge in [0, 0.05) is 10.9 Å². The molecule has 1 aromatic rings. The van der Waals surface area contributed by atoms with E-state index in [1.165, 1.54) is 25.3 Å². The molecule has 1 aromatic carbocycles. The Hall–Kier alpha value is -1.23. The van der Waals surface area contributed by atoms with Crippen molar-refractivity contribution in [3.63, 3.8) is 0 Å². The molecule has 0 spiro atoms. The molecule has 1 atom stereocenters. The van der Waals surface area contributed by atoms with Crippen LogP contribution in [0.25, 0.3) is 0 Å². The van der Waals surface area contributed by atoms with Crippen molar-refractivity contribution in [1.82, 2.24) is 0 Å². The lowest BCUT2D eigenvalue weighted by atomic mass is 9.99. The second kappa shape index (κ2) is 5.91. The maximum atomic E-state index is 13.4. The molecule has 0 aromatic heterocycles. The summed E-state index contributed by atoms with van der Waals surface area (Å²) in [5, 5.41) is 0. The van der Waals surface area contributed by atoms with E-state index in [1.807, 2.05) is 0 Å². The molecule has 5 heteroatoms. The van der Waals surface area contributed by atoms with E-state index in [9.17, 15) is 14.0 Å². The van der Waals surface area contributed by atoms with Crippen molar-refractivity contribution in [3.05, 3.63) is 34.1 Å². The van der Waals surface area contributed by atoms with Crippen LogP contribution in [0.3, 0.4) is 0 Å². The number of carbonyl (C=O) groups is 2. The van der Waals surface area contributed by atoms with Crippen LogP contribution in [0, 0.1) is 11.7 Å².